The second kappa shape index (κ2) is 5.16. The molecule has 2 unspecified atom stereocenters. The lowest BCUT2D eigenvalue weighted by atomic mass is 9.84. The van der Waals surface area contributed by atoms with Crippen LogP contribution in [0, 0.1) is 5.92 Å². The van der Waals surface area contributed by atoms with Crippen molar-refractivity contribution in [1.29, 1.82) is 0 Å². The quantitative estimate of drug-likeness (QED) is 0.908. The van der Waals surface area contributed by atoms with E-state index in [0.717, 1.165) is 18.5 Å². The van der Waals surface area contributed by atoms with E-state index in [0.29, 0.717) is 12.0 Å². The maximum atomic E-state index is 6.08. The number of hydrogen-bond acceptors (Lipinski definition) is 2. The normalized spacial score (nSPS) is 31.4. The van der Waals surface area contributed by atoms with Gasteiger partial charge in [-0.15, -0.1) is 0 Å². The number of nitrogens with zero attached hydrogens (tertiary/aromatic N) is 1. The minimum atomic E-state index is 0.578. The van der Waals surface area contributed by atoms with Crippen molar-refractivity contribution in [2.75, 3.05) is 13.1 Å². The lowest BCUT2D eigenvalue weighted by Gasteiger charge is -2.41. The zero-order valence-corrected chi connectivity index (χ0v) is 12.3. The minimum Gasteiger partial charge on any atom is -0.330 e. The highest BCUT2D eigenvalue weighted by molar-refractivity contribution is 5.30. The summed E-state index contributed by atoms with van der Waals surface area (Å²) in [4.78, 5) is 2.76. The molecular weight excluding hydrogens is 244 g/mol. The summed E-state index contributed by atoms with van der Waals surface area (Å²) in [5.41, 5.74) is 9.13. The Balaban J connectivity index is 1.60. The smallest absolute Gasteiger partial charge is 0.0391 e. The first-order valence-electron chi connectivity index (χ1n) is 8.42. The molecule has 2 aliphatic carbocycles. The molecule has 2 N–H and O–H groups in total. The van der Waals surface area contributed by atoms with Crippen molar-refractivity contribution < 1.29 is 0 Å². The van der Waals surface area contributed by atoms with Crippen molar-refractivity contribution in [3.63, 3.8) is 0 Å². The van der Waals surface area contributed by atoms with Crippen LogP contribution in [0.4, 0.5) is 0 Å². The van der Waals surface area contributed by atoms with Gasteiger partial charge in [0.1, 0.15) is 0 Å². The van der Waals surface area contributed by atoms with E-state index in [1.807, 2.05) is 0 Å². The molecule has 1 aromatic carbocycles. The van der Waals surface area contributed by atoms with Gasteiger partial charge in [0.25, 0.3) is 0 Å². The minimum absolute atomic E-state index is 0.578. The number of rotatable bonds is 4. The first-order valence-corrected chi connectivity index (χ1v) is 8.42. The average molecular weight is 270 g/mol. The standard InChI is InChI=1S/C18H26N2/c19-12-16-2-1-11-20(17-9-10-17)18(16)15-7-5-14(6-8-15)13-3-4-13/h5-8,13,16-18H,1-4,9-12,19H2. The van der Waals surface area contributed by atoms with Crippen molar-refractivity contribution in [3.05, 3.63) is 35.4 Å². The second-order valence-corrected chi connectivity index (χ2v) is 6.99. The molecule has 2 atom stereocenters. The van der Waals surface area contributed by atoms with Gasteiger partial charge in [0, 0.05) is 12.1 Å². The van der Waals surface area contributed by atoms with E-state index in [2.05, 4.69) is 29.2 Å². The second-order valence-electron chi connectivity index (χ2n) is 6.99. The zero-order chi connectivity index (χ0) is 13.5. The molecule has 1 aliphatic heterocycles. The van der Waals surface area contributed by atoms with Crippen molar-refractivity contribution in [2.24, 2.45) is 11.7 Å². The van der Waals surface area contributed by atoms with E-state index in [9.17, 15) is 0 Å². The van der Waals surface area contributed by atoms with E-state index in [1.165, 1.54) is 50.6 Å². The molecule has 1 heterocycles. The first kappa shape index (κ1) is 12.8. The van der Waals surface area contributed by atoms with E-state index < -0.39 is 0 Å². The molecule has 3 aliphatic rings. The summed E-state index contributed by atoms with van der Waals surface area (Å²) < 4.78 is 0. The fourth-order valence-corrected chi connectivity index (χ4v) is 4.01. The number of piperidine rings is 1. The SMILES string of the molecule is NCC1CCCN(C2CC2)C1c1ccc(C2CC2)cc1. The van der Waals surface area contributed by atoms with Crippen molar-refractivity contribution in [2.45, 2.75) is 56.5 Å². The highest BCUT2D eigenvalue weighted by Gasteiger charge is 2.40. The van der Waals surface area contributed by atoms with E-state index in [-0.39, 0.29) is 0 Å². The maximum absolute atomic E-state index is 6.08. The van der Waals surface area contributed by atoms with E-state index >= 15 is 0 Å². The van der Waals surface area contributed by atoms with Gasteiger partial charge in [-0.3, -0.25) is 4.90 Å². The lowest BCUT2D eigenvalue weighted by Crippen LogP contribution is -2.42. The van der Waals surface area contributed by atoms with Crippen molar-refractivity contribution in [1.82, 2.24) is 4.90 Å². The maximum Gasteiger partial charge on any atom is 0.0391 e. The fraction of sp³-hybridized carbons (Fsp3) is 0.667. The summed E-state index contributed by atoms with van der Waals surface area (Å²) in [6.07, 6.45) is 8.20. The molecule has 1 aromatic rings. The van der Waals surface area contributed by atoms with Crippen LogP contribution in [0.25, 0.3) is 0 Å². The summed E-state index contributed by atoms with van der Waals surface area (Å²) in [5, 5.41) is 0. The van der Waals surface area contributed by atoms with Gasteiger partial charge in [-0.1, -0.05) is 24.3 Å². The molecule has 108 valence electrons. The van der Waals surface area contributed by atoms with Crippen molar-refractivity contribution in [3.8, 4) is 0 Å². The Kier molecular flexibility index (Phi) is 3.31. The number of likely N-dealkylation sites (tertiary alicyclic amines) is 1. The third-order valence-electron chi connectivity index (χ3n) is 5.44. The first-order chi connectivity index (χ1) is 9.86. The summed E-state index contributed by atoms with van der Waals surface area (Å²) in [6, 6.07) is 11.0. The third kappa shape index (κ3) is 2.40. The molecule has 0 bridgehead atoms. The van der Waals surface area contributed by atoms with Gasteiger partial charge in [0.05, 0.1) is 0 Å². The zero-order valence-electron chi connectivity index (χ0n) is 12.3. The number of benzene rings is 1. The topological polar surface area (TPSA) is 29.3 Å². The number of hydrogen-bond donors (Lipinski definition) is 1. The molecule has 0 spiro atoms. The van der Waals surface area contributed by atoms with Crippen LogP contribution in [0.1, 0.15) is 61.6 Å². The van der Waals surface area contributed by atoms with E-state index in [4.69, 9.17) is 5.73 Å². The van der Waals surface area contributed by atoms with Gasteiger partial charge >= 0.3 is 0 Å². The number of nitrogens with two attached hydrogens (primary N) is 1. The molecule has 2 nitrogen and oxygen atoms in total. The summed E-state index contributed by atoms with van der Waals surface area (Å²) in [7, 11) is 0. The lowest BCUT2D eigenvalue weighted by molar-refractivity contribution is 0.0879. The third-order valence-corrected chi connectivity index (χ3v) is 5.44. The van der Waals surface area contributed by atoms with E-state index in [1.54, 1.807) is 5.56 Å². The molecule has 2 saturated carbocycles. The average Bonchev–Trinajstić information content (AvgIpc) is 3.39. The Morgan fingerprint density at radius 2 is 1.65 bits per heavy atom. The summed E-state index contributed by atoms with van der Waals surface area (Å²) >= 11 is 0. The van der Waals surface area contributed by atoms with Gasteiger partial charge in [-0.05, 0) is 74.6 Å². The van der Waals surface area contributed by atoms with Gasteiger partial charge < -0.3 is 5.73 Å². The van der Waals surface area contributed by atoms with Crippen LogP contribution < -0.4 is 5.73 Å². The summed E-state index contributed by atoms with van der Waals surface area (Å²) in [5.74, 6) is 1.51. The van der Waals surface area contributed by atoms with Gasteiger partial charge in [-0.2, -0.15) is 0 Å². The van der Waals surface area contributed by atoms with Crippen LogP contribution in [-0.4, -0.2) is 24.0 Å². The summed E-state index contributed by atoms with van der Waals surface area (Å²) in [6.45, 7) is 2.11. The van der Waals surface area contributed by atoms with Crippen LogP contribution in [-0.2, 0) is 0 Å². The molecule has 20 heavy (non-hydrogen) atoms. The Morgan fingerprint density at radius 1 is 0.950 bits per heavy atom. The Bertz CT molecular complexity index is 459. The predicted octanol–water partition coefficient (Wildman–Crippen LogP) is 3.44. The molecule has 0 radical (unpaired) electrons. The fourth-order valence-electron chi connectivity index (χ4n) is 4.01. The van der Waals surface area contributed by atoms with Gasteiger partial charge in [0.15, 0.2) is 0 Å². The van der Waals surface area contributed by atoms with Crippen LogP contribution in [0.2, 0.25) is 0 Å². The Labute approximate surface area is 122 Å². The van der Waals surface area contributed by atoms with Crippen molar-refractivity contribution >= 4 is 0 Å². The molecule has 0 amide bonds. The monoisotopic (exact) mass is 270 g/mol. The molecule has 0 aromatic heterocycles. The van der Waals surface area contributed by atoms with Gasteiger partial charge in [-0.25, -0.2) is 0 Å². The predicted molar refractivity (Wildman–Crippen MR) is 82.7 cm³/mol. The Morgan fingerprint density at radius 3 is 2.25 bits per heavy atom. The van der Waals surface area contributed by atoms with Crippen LogP contribution in [0.5, 0.6) is 0 Å². The van der Waals surface area contributed by atoms with Crippen LogP contribution in [0.3, 0.4) is 0 Å². The molecule has 2 heteroatoms. The van der Waals surface area contributed by atoms with Crippen LogP contribution in [0.15, 0.2) is 24.3 Å². The molecule has 3 fully saturated rings. The highest BCUT2D eigenvalue weighted by atomic mass is 15.2. The highest BCUT2D eigenvalue weighted by Crippen LogP contribution is 2.44. The van der Waals surface area contributed by atoms with Crippen LogP contribution >= 0.6 is 0 Å². The molecular formula is C18H26N2. The van der Waals surface area contributed by atoms with Gasteiger partial charge in [0.2, 0.25) is 0 Å². The molecule has 4 rings (SSSR count). The largest absolute Gasteiger partial charge is 0.330 e. The molecule has 1 saturated heterocycles. The Hall–Kier alpha value is -0.860.